The maximum absolute atomic E-state index is 9.95. The van der Waals surface area contributed by atoms with Crippen LogP contribution in [0.5, 0.6) is 0 Å². The number of rotatable bonds is 6. The molecule has 29 heavy (non-hydrogen) atoms. The van der Waals surface area contributed by atoms with E-state index in [2.05, 4.69) is 53.5 Å². The molecule has 0 aliphatic carbocycles. The second kappa shape index (κ2) is 12.0. The predicted octanol–water partition coefficient (Wildman–Crippen LogP) is 4.97. The second-order valence-corrected chi connectivity index (χ2v) is 8.76. The van der Waals surface area contributed by atoms with Gasteiger partial charge in [-0.15, -0.1) is 0 Å². The van der Waals surface area contributed by atoms with E-state index in [4.69, 9.17) is 0 Å². The van der Waals surface area contributed by atoms with Crippen molar-refractivity contribution in [3.63, 3.8) is 0 Å². The number of nitrogens with zero attached hydrogens (tertiary/aromatic N) is 1. The van der Waals surface area contributed by atoms with Crippen molar-refractivity contribution in [1.82, 2.24) is 9.62 Å². The van der Waals surface area contributed by atoms with Crippen molar-refractivity contribution in [3.05, 3.63) is 64.2 Å². The van der Waals surface area contributed by atoms with E-state index in [9.17, 15) is 4.79 Å². The number of hydrogen-bond donors (Lipinski definition) is 1. The number of piperidine rings is 1. The molecule has 0 spiro atoms. The molecule has 0 unspecified atom stereocenters. The number of nitrogens with one attached hydrogen (secondary N) is 1. The van der Waals surface area contributed by atoms with Crippen LogP contribution in [0.15, 0.2) is 41.3 Å². The van der Waals surface area contributed by atoms with Crippen LogP contribution in [0.2, 0.25) is 0 Å². The summed E-state index contributed by atoms with van der Waals surface area (Å²) in [5.74, 6) is 0. The molecule has 158 valence electrons. The SMILES string of the molecule is CNC1CCN(Sc2cc(C)ccc2C)CC1.Cc1cccc(COC=O)c1C. The summed E-state index contributed by atoms with van der Waals surface area (Å²) in [4.78, 5) is 11.4. The summed E-state index contributed by atoms with van der Waals surface area (Å²) in [5, 5.41) is 3.37. The fourth-order valence-corrected chi connectivity index (χ4v) is 4.39. The maximum Gasteiger partial charge on any atom is 0.293 e. The minimum absolute atomic E-state index is 0.372. The molecule has 0 amide bonds. The summed E-state index contributed by atoms with van der Waals surface area (Å²) < 4.78 is 7.17. The van der Waals surface area contributed by atoms with Gasteiger partial charge in [0.15, 0.2) is 0 Å². The predicted molar refractivity (Wildman–Crippen MR) is 122 cm³/mol. The van der Waals surface area contributed by atoms with Crippen LogP contribution in [0.1, 0.15) is 40.7 Å². The van der Waals surface area contributed by atoms with Crippen LogP contribution in [0, 0.1) is 27.7 Å². The van der Waals surface area contributed by atoms with Crippen LogP contribution in [0.4, 0.5) is 0 Å². The number of ether oxygens (including phenoxy) is 1. The van der Waals surface area contributed by atoms with Crippen LogP contribution >= 0.6 is 11.9 Å². The molecule has 1 aliphatic heterocycles. The van der Waals surface area contributed by atoms with Crippen LogP contribution in [0.25, 0.3) is 0 Å². The number of aryl methyl sites for hydroxylation is 3. The summed E-state index contributed by atoms with van der Waals surface area (Å²) in [5.41, 5.74) is 6.22. The molecule has 2 aromatic carbocycles. The highest BCUT2D eigenvalue weighted by atomic mass is 32.2. The maximum atomic E-state index is 9.95. The molecule has 0 radical (unpaired) electrons. The lowest BCUT2D eigenvalue weighted by Crippen LogP contribution is -2.38. The minimum Gasteiger partial charge on any atom is -0.463 e. The first kappa shape index (κ1) is 23.5. The highest BCUT2D eigenvalue weighted by Crippen LogP contribution is 2.29. The van der Waals surface area contributed by atoms with Crippen molar-refractivity contribution >= 4 is 18.4 Å². The van der Waals surface area contributed by atoms with E-state index in [0.29, 0.717) is 19.1 Å². The van der Waals surface area contributed by atoms with Gasteiger partial charge in [-0.1, -0.05) is 30.3 Å². The third-order valence-corrected chi connectivity index (χ3v) is 6.72. The third-order valence-electron chi connectivity index (χ3n) is 5.46. The van der Waals surface area contributed by atoms with Gasteiger partial charge in [0.05, 0.1) is 0 Å². The fraction of sp³-hybridized carbons (Fsp3) is 0.458. The molecule has 1 fully saturated rings. The van der Waals surface area contributed by atoms with Gasteiger partial charge in [-0.2, -0.15) is 0 Å². The van der Waals surface area contributed by atoms with Gasteiger partial charge < -0.3 is 10.1 Å². The summed E-state index contributed by atoms with van der Waals surface area (Å²) >= 11 is 1.92. The molecule has 5 heteroatoms. The van der Waals surface area contributed by atoms with Crippen molar-refractivity contribution in [2.75, 3.05) is 20.1 Å². The molecule has 0 aromatic heterocycles. The molecule has 0 atom stereocenters. The lowest BCUT2D eigenvalue weighted by atomic mass is 10.0. The Kier molecular flexibility index (Phi) is 9.71. The van der Waals surface area contributed by atoms with Crippen molar-refractivity contribution < 1.29 is 9.53 Å². The molecular formula is C24H34N2O2S. The van der Waals surface area contributed by atoms with Crippen molar-refractivity contribution in [1.29, 1.82) is 0 Å². The first-order chi connectivity index (χ1) is 13.9. The van der Waals surface area contributed by atoms with Gasteiger partial charge in [0.2, 0.25) is 0 Å². The smallest absolute Gasteiger partial charge is 0.293 e. The van der Waals surface area contributed by atoms with Crippen molar-refractivity contribution in [2.45, 2.75) is 58.1 Å². The third kappa shape index (κ3) is 7.50. The average molecular weight is 415 g/mol. The topological polar surface area (TPSA) is 41.6 Å². The monoisotopic (exact) mass is 414 g/mol. The highest BCUT2D eigenvalue weighted by molar-refractivity contribution is 7.97. The molecule has 0 bridgehead atoms. The van der Waals surface area contributed by atoms with Gasteiger partial charge >= 0.3 is 0 Å². The van der Waals surface area contributed by atoms with Gasteiger partial charge in [-0.05, 0) is 93.4 Å². The van der Waals surface area contributed by atoms with Gasteiger partial charge in [-0.3, -0.25) is 4.79 Å². The van der Waals surface area contributed by atoms with Crippen LogP contribution in [0.3, 0.4) is 0 Å². The van der Waals surface area contributed by atoms with Crippen LogP contribution < -0.4 is 5.32 Å². The lowest BCUT2D eigenvalue weighted by molar-refractivity contribution is -0.129. The molecule has 4 nitrogen and oxygen atoms in total. The summed E-state index contributed by atoms with van der Waals surface area (Å²) in [6.07, 6.45) is 2.52. The van der Waals surface area contributed by atoms with E-state index in [-0.39, 0.29) is 0 Å². The molecule has 1 N–H and O–H groups in total. The number of hydrogen-bond acceptors (Lipinski definition) is 5. The summed E-state index contributed by atoms with van der Waals surface area (Å²) in [6, 6.07) is 13.4. The Hall–Kier alpha value is -1.82. The Morgan fingerprint density at radius 1 is 1.10 bits per heavy atom. The van der Waals surface area contributed by atoms with Crippen molar-refractivity contribution in [3.8, 4) is 0 Å². The van der Waals surface area contributed by atoms with Crippen molar-refractivity contribution in [2.24, 2.45) is 0 Å². The van der Waals surface area contributed by atoms with Crippen LogP contribution in [-0.2, 0) is 16.1 Å². The molecule has 0 saturated carbocycles. The van der Waals surface area contributed by atoms with Gasteiger partial charge in [-0.25, -0.2) is 4.31 Å². The Morgan fingerprint density at radius 3 is 2.48 bits per heavy atom. The Labute approximate surface area is 180 Å². The second-order valence-electron chi connectivity index (χ2n) is 7.62. The highest BCUT2D eigenvalue weighted by Gasteiger charge is 2.18. The first-order valence-electron chi connectivity index (χ1n) is 10.2. The lowest BCUT2D eigenvalue weighted by Gasteiger charge is -2.31. The standard InChI is InChI=1S/C14H22N2S.C10H12O2/c1-11-4-5-12(2)14(10-11)17-16-8-6-13(15-3)7-9-16;1-8-4-3-5-10(9(8)2)6-12-7-11/h4-5,10,13,15H,6-9H2,1-3H3;3-5,7H,6H2,1-2H3. The van der Waals surface area contributed by atoms with E-state index in [0.717, 1.165) is 5.56 Å². The Morgan fingerprint density at radius 2 is 1.83 bits per heavy atom. The molecule has 2 aromatic rings. The zero-order chi connectivity index (χ0) is 21.2. The number of benzene rings is 2. The first-order valence-corrected chi connectivity index (χ1v) is 11.0. The zero-order valence-electron chi connectivity index (χ0n) is 18.3. The van der Waals surface area contributed by atoms with Gasteiger partial charge in [0, 0.05) is 24.0 Å². The fourth-order valence-electron chi connectivity index (χ4n) is 3.27. The Bertz CT molecular complexity index is 786. The minimum atomic E-state index is 0.372. The largest absolute Gasteiger partial charge is 0.463 e. The van der Waals surface area contributed by atoms with E-state index >= 15 is 0 Å². The molecular weight excluding hydrogens is 380 g/mol. The number of carbonyl (C=O) groups is 1. The molecule has 1 saturated heterocycles. The quantitative estimate of drug-likeness (QED) is 0.534. The zero-order valence-corrected chi connectivity index (χ0v) is 19.1. The van der Waals surface area contributed by atoms with E-state index in [1.807, 2.05) is 44.0 Å². The normalized spacial score (nSPS) is 14.8. The summed E-state index contributed by atoms with van der Waals surface area (Å²) in [6.45, 7) is 11.6. The van der Waals surface area contributed by atoms with Crippen LogP contribution in [-0.4, -0.2) is 37.0 Å². The van der Waals surface area contributed by atoms with E-state index < -0.39 is 0 Å². The van der Waals surface area contributed by atoms with E-state index in [1.54, 1.807) is 0 Å². The summed E-state index contributed by atoms with van der Waals surface area (Å²) in [7, 11) is 2.07. The average Bonchev–Trinajstić information content (AvgIpc) is 2.73. The molecule has 1 heterocycles. The van der Waals surface area contributed by atoms with Gasteiger partial charge in [0.25, 0.3) is 6.47 Å². The van der Waals surface area contributed by atoms with Gasteiger partial charge in [0.1, 0.15) is 6.61 Å². The van der Waals surface area contributed by atoms with E-state index in [1.165, 1.54) is 53.1 Å². The molecule has 3 rings (SSSR count). The Balaban J connectivity index is 0.000000221. The molecule has 1 aliphatic rings. The number of carbonyl (C=O) groups excluding carboxylic acids is 1.